The Morgan fingerprint density at radius 2 is 1.27 bits per heavy atom. The van der Waals surface area contributed by atoms with Gasteiger partial charge in [0, 0.05) is 6.42 Å². The number of rotatable bonds is 15. The molecule has 2 aromatic carbocycles. The number of carbonyl (C=O) groups excluding carboxylic acids is 5. The van der Waals surface area contributed by atoms with Gasteiger partial charge in [-0.25, -0.2) is 4.79 Å². The predicted octanol–water partition coefficient (Wildman–Crippen LogP) is 3.06. The molecule has 0 saturated heterocycles. The number of carbonyl (C=O) groups is 5. The maximum absolute atomic E-state index is 13.3. The quantitative estimate of drug-likeness (QED) is 0.195. The van der Waals surface area contributed by atoms with E-state index in [9.17, 15) is 29.1 Å². The molecular formula is C30H39N3O7. The monoisotopic (exact) mass is 553 g/mol. The van der Waals surface area contributed by atoms with Crippen LogP contribution in [0.25, 0.3) is 0 Å². The van der Waals surface area contributed by atoms with Gasteiger partial charge in [-0.05, 0) is 47.9 Å². The van der Waals surface area contributed by atoms with Crippen LogP contribution >= 0.6 is 0 Å². The first-order valence-electron chi connectivity index (χ1n) is 13.3. The maximum atomic E-state index is 13.3. The summed E-state index contributed by atoms with van der Waals surface area (Å²) in [5, 5.41) is 17.4. The maximum Gasteiger partial charge on any atom is 0.408 e. The number of phenols is 1. The van der Waals surface area contributed by atoms with E-state index >= 15 is 0 Å². The first kappa shape index (κ1) is 32.0. The van der Waals surface area contributed by atoms with E-state index in [-0.39, 0.29) is 43.3 Å². The molecule has 0 aromatic heterocycles. The lowest BCUT2D eigenvalue weighted by Crippen LogP contribution is -2.56. The van der Waals surface area contributed by atoms with Crippen molar-refractivity contribution in [2.45, 2.75) is 71.7 Å². The van der Waals surface area contributed by atoms with Gasteiger partial charge in [0.15, 0.2) is 6.29 Å². The Kier molecular flexibility index (Phi) is 12.8. The van der Waals surface area contributed by atoms with Gasteiger partial charge < -0.3 is 25.8 Å². The number of hydrogen-bond acceptors (Lipinski definition) is 7. The highest BCUT2D eigenvalue weighted by Crippen LogP contribution is 2.13. The van der Waals surface area contributed by atoms with Crippen molar-refractivity contribution in [1.82, 2.24) is 16.0 Å². The van der Waals surface area contributed by atoms with Gasteiger partial charge in [-0.15, -0.1) is 0 Å². The second-order valence-electron chi connectivity index (χ2n) is 10.5. The Bertz CT molecular complexity index is 1130. The van der Waals surface area contributed by atoms with Gasteiger partial charge in [-0.3, -0.25) is 19.2 Å². The number of ketones is 1. The van der Waals surface area contributed by atoms with Crippen molar-refractivity contribution < 1.29 is 33.8 Å². The molecule has 0 radical (unpaired) electrons. The first-order valence-corrected chi connectivity index (χ1v) is 13.3. The Labute approximate surface area is 234 Å². The van der Waals surface area contributed by atoms with Crippen molar-refractivity contribution >= 4 is 30.0 Å². The average molecular weight is 554 g/mol. The molecule has 2 aromatic rings. The summed E-state index contributed by atoms with van der Waals surface area (Å²) in [5.74, 6) is -1.93. The summed E-state index contributed by atoms with van der Waals surface area (Å²) < 4.78 is 5.27. The molecule has 3 atom stereocenters. The fourth-order valence-corrected chi connectivity index (χ4v) is 4.03. The highest BCUT2D eigenvalue weighted by molar-refractivity contribution is 6.28. The predicted molar refractivity (Wildman–Crippen MR) is 149 cm³/mol. The van der Waals surface area contributed by atoms with Crippen LogP contribution in [0.3, 0.4) is 0 Å². The lowest BCUT2D eigenvalue weighted by molar-refractivity contribution is -0.135. The number of aldehydes is 1. The van der Waals surface area contributed by atoms with E-state index in [1.54, 1.807) is 12.1 Å². The zero-order valence-electron chi connectivity index (χ0n) is 23.4. The van der Waals surface area contributed by atoms with Crippen LogP contribution in [0, 0.1) is 11.8 Å². The Morgan fingerprint density at radius 3 is 1.80 bits per heavy atom. The number of Topliss-reactive ketones (excluding diaryl/α,β-unsaturated/α-hetero) is 1. The van der Waals surface area contributed by atoms with Gasteiger partial charge in [0.2, 0.25) is 17.6 Å². The normalized spacial score (nSPS) is 13.2. The number of hydrogen-bond donors (Lipinski definition) is 4. The second-order valence-corrected chi connectivity index (χ2v) is 10.5. The summed E-state index contributed by atoms with van der Waals surface area (Å²) in [6.45, 7) is 7.58. The molecule has 0 aliphatic rings. The van der Waals surface area contributed by atoms with Gasteiger partial charge in [0.25, 0.3) is 0 Å². The topological polar surface area (TPSA) is 151 Å². The Hall–Kier alpha value is -4.21. The molecule has 2 rings (SSSR count). The lowest BCUT2D eigenvalue weighted by Gasteiger charge is -2.26. The summed E-state index contributed by atoms with van der Waals surface area (Å²) in [7, 11) is 0. The minimum Gasteiger partial charge on any atom is -0.508 e. The zero-order chi connectivity index (χ0) is 29.7. The van der Waals surface area contributed by atoms with Crippen LogP contribution in [0.5, 0.6) is 5.75 Å². The fraction of sp³-hybridized carbons (Fsp3) is 0.433. The Morgan fingerprint density at radius 1 is 0.750 bits per heavy atom. The largest absolute Gasteiger partial charge is 0.508 e. The van der Waals surface area contributed by atoms with Crippen LogP contribution in [0.2, 0.25) is 0 Å². The summed E-state index contributed by atoms with van der Waals surface area (Å²) in [5.41, 5.74) is 1.42. The molecule has 0 bridgehead atoms. The van der Waals surface area contributed by atoms with Crippen molar-refractivity contribution in [3.05, 3.63) is 65.7 Å². The van der Waals surface area contributed by atoms with E-state index in [1.165, 1.54) is 12.1 Å². The fourth-order valence-electron chi connectivity index (χ4n) is 4.03. The molecule has 216 valence electrons. The number of amides is 3. The molecule has 3 unspecified atom stereocenters. The number of ether oxygens (including phenoxy) is 1. The van der Waals surface area contributed by atoms with Gasteiger partial charge in [0.05, 0.1) is 6.04 Å². The molecule has 0 aliphatic carbocycles. The summed E-state index contributed by atoms with van der Waals surface area (Å²) in [6.07, 6.45) is -0.0388. The molecular weight excluding hydrogens is 514 g/mol. The van der Waals surface area contributed by atoms with Crippen LogP contribution in [0.4, 0.5) is 4.79 Å². The van der Waals surface area contributed by atoms with Gasteiger partial charge >= 0.3 is 6.09 Å². The van der Waals surface area contributed by atoms with Crippen molar-refractivity contribution in [3.63, 3.8) is 0 Å². The van der Waals surface area contributed by atoms with E-state index in [0.29, 0.717) is 12.0 Å². The standard InChI is InChI=1S/C30H39N3O7/c1-19(2)14-25(28(37)31-24(27(36)17-34)16-21-10-12-23(35)13-11-21)32-29(38)26(15-20(3)4)33-30(39)40-18-22-8-6-5-7-9-22/h5-13,17,19-20,24-26,35H,14-16,18H2,1-4H3,(H,31,37)(H,32,38)(H,33,39). The first-order chi connectivity index (χ1) is 19.0. The van der Waals surface area contributed by atoms with Gasteiger partial charge in [0.1, 0.15) is 24.4 Å². The lowest BCUT2D eigenvalue weighted by atomic mass is 9.98. The number of alkyl carbamates (subject to hydrolysis) is 1. The van der Waals surface area contributed by atoms with Crippen LogP contribution in [0.1, 0.15) is 51.7 Å². The van der Waals surface area contributed by atoms with E-state index in [1.807, 2.05) is 58.0 Å². The van der Waals surface area contributed by atoms with Crippen molar-refractivity contribution in [1.29, 1.82) is 0 Å². The van der Waals surface area contributed by atoms with Crippen LogP contribution in [-0.2, 0) is 36.9 Å². The molecule has 0 fully saturated rings. The van der Waals surface area contributed by atoms with Gasteiger partial charge in [-0.2, -0.15) is 0 Å². The molecule has 40 heavy (non-hydrogen) atoms. The third-order valence-electron chi connectivity index (χ3n) is 6.02. The van der Waals surface area contributed by atoms with Crippen molar-refractivity contribution in [2.75, 3.05) is 0 Å². The molecule has 3 amide bonds. The average Bonchev–Trinajstić information content (AvgIpc) is 2.91. The minimum atomic E-state index is -1.15. The summed E-state index contributed by atoms with van der Waals surface area (Å²) >= 11 is 0. The van der Waals surface area contributed by atoms with Crippen LogP contribution in [-0.4, -0.2) is 53.2 Å². The molecule has 10 heteroatoms. The molecule has 0 aliphatic heterocycles. The van der Waals surface area contributed by atoms with Crippen LogP contribution < -0.4 is 16.0 Å². The third kappa shape index (κ3) is 11.3. The van der Waals surface area contributed by atoms with Crippen LogP contribution in [0.15, 0.2) is 54.6 Å². The smallest absolute Gasteiger partial charge is 0.408 e. The number of aromatic hydroxyl groups is 1. The number of benzene rings is 2. The van der Waals surface area contributed by atoms with E-state index in [2.05, 4.69) is 16.0 Å². The molecule has 0 heterocycles. The number of phenolic OH excluding ortho intramolecular Hbond substituents is 1. The summed E-state index contributed by atoms with van der Waals surface area (Å²) in [4.78, 5) is 62.6. The number of nitrogens with one attached hydrogen (secondary N) is 3. The second kappa shape index (κ2) is 16.0. The minimum absolute atomic E-state index is 0.000664. The molecule has 0 spiro atoms. The zero-order valence-corrected chi connectivity index (χ0v) is 23.4. The SMILES string of the molecule is CC(C)CC(NC(=O)OCc1ccccc1)C(=O)NC(CC(C)C)C(=O)NC(Cc1ccc(O)cc1)C(=O)C=O. The van der Waals surface area contributed by atoms with E-state index in [4.69, 9.17) is 4.74 Å². The molecule has 10 nitrogen and oxygen atoms in total. The molecule has 0 saturated carbocycles. The molecule has 4 N–H and O–H groups in total. The van der Waals surface area contributed by atoms with E-state index in [0.717, 1.165) is 5.56 Å². The van der Waals surface area contributed by atoms with Crippen molar-refractivity contribution in [3.8, 4) is 5.75 Å². The third-order valence-corrected chi connectivity index (χ3v) is 6.02. The summed E-state index contributed by atoms with van der Waals surface area (Å²) in [6, 6.07) is 12.0. The highest BCUT2D eigenvalue weighted by atomic mass is 16.5. The Balaban J connectivity index is 2.12. The van der Waals surface area contributed by atoms with Crippen molar-refractivity contribution in [2.24, 2.45) is 11.8 Å². The van der Waals surface area contributed by atoms with Gasteiger partial charge in [-0.1, -0.05) is 70.2 Å². The van der Waals surface area contributed by atoms with E-state index < -0.39 is 41.8 Å². The highest BCUT2D eigenvalue weighted by Gasteiger charge is 2.30.